The normalized spacial score (nSPS) is 10.5. The lowest BCUT2D eigenvalue weighted by atomic mass is 10.0. The molecular formula is C17H13NO3. The Balaban J connectivity index is 2.19. The maximum atomic E-state index is 11.1. The molecule has 0 aliphatic rings. The Morgan fingerprint density at radius 1 is 1.14 bits per heavy atom. The lowest BCUT2D eigenvalue weighted by Crippen LogP contribution is -1.91. The SMILES string of the molecule is COc1cc(-c2ccc3ncccc3c2)cc(C=O)c1O. The molecule has 3 aromatic rings. The summed E-state index contributed by atoms with van der Waals surface area (Å²) in [5.74, 6) is 0.139. The van der Waals surface area contributed by atoms with Gasteiger partial charge < -0.3 is 9.84 Å². The summed E-state index contributed by atoms with van der Waals surface area (Å²) in [5.41, 5.74) is 2.84. The van der Waals surface area contributed by atoms with Crippen molar-refractivity contribution in [2.75, 3.05) is 7.11 Å². The van der Waals surface area contributed by atoms with Gasteiger partial charge in [-0.25, -0.2) is 0 Å². The van der Waals surface area contributed by atoms with Crippen molar-refractivity contribution in [1.82, 2.24) is 4.98 Å². The second-order valence-electron chi connectivity index (χ2n) is 4.65. The third-order valence-electron chi connectivity index (χ3n) is 3.39. The van der Waals surface area contributed by atoms with Gasteiger partial charge >= 0.3 is 0 Å². The summed E-state index contributed by atoms with van der Waals surface area (Å²) in [4.78, 5) is 15.3. The van der Waals surface area contributed by atoms with Gasteiger partial charge in [-0.05, 0) is 41.5 Å². The van der Waals surface area contributed by atoms with Gasteiger partial charge in [0, 0.05) is 11.6 Å². The molecule has 0 fully saturated rings. The largest absolute Gasteiger partial charge is 0.504 e. The van der Waals surface area contributed by atoms with Crippen molar-refractivity contribution < 1.29 is 14.6 Å². The van der Waals surface area contributed by atoms with Crippen LogP contribution in [0.2, 0.25) is 0 Å². The van der Waals surface area contributed by atoms with Gasteiger partial charge in [-0.15, -0.1) is 0 Å². The Bertz CT molecular complexity index is 827. The molecule has 0 aliphatic carbocycles. The highest BCUT2D eigenvalue weighted by molar-refractivity contribution is 5.88. The highest BCUT2D eigenvalue weighted by Crippen LogP contribution is 2.35. The predicted molar refractivity (Wildman–Crippen MR) is 80.8 cm³/mol. The zero-order valence-corrected chi connectivity index (χ0v) is 11.4. The number of aromatic nitrogens is 1. The van der Waals surface area contributed by atoms with Crippen LogP contribution in [0.4, 0.5) is 0 Å². The van der Waals surface area contributed by atoms with Gasteiger partial charge in [0.2, 0.25) is 0 Å². The molecule has 104 valence electrons. The number of fused-ring (bicyclic) bond motifs is 1. The van der Waals surface area contributed by atoms with E-state index in [0.717, 1.165) is 22.0 Å². The minimum atomic E-state index is -0.140. The second-order valence-corrected chi connectivity index (χ2v) is 4.65. The van der Waals surface area contributed by atoms with Crippen LogP contribution in [0.25, 0.3) is 22.0 Å². The average Bonchev–Trinajstić information content (AvgIpc) is 2.54. The number of hydrogen-bond donors (Lipinski definition) is 1. The van der Waals surface area contributed by atoms with E-state index in [1.165, 1.54) is 7.11 Å². The molecule has 1 N–H and O–H groups in total. The van der Waals surface area contributed by atoms with E-state index >= 15 is 0 Å². The molecule has 0 unspecified atom stereocenters. The smallest absolute Gasteiger partial charge is 0.168 e. The summed E-state index contributed by atoms with van der Waals surface area (Å²) in [6, 6.07) is 13.0. The zero-order valence-electron chi connectivity index (χ0n) is 11.4. The van der Waals surface area contributed by atoms with E-state index in [1.54, 1.807) is 18.3 Å². The molecular weight excluding hydrogens is 266 g/mol. The van der Waals surface area contributed by atoms with Crippen LogP contribution in [0.15, 0.2) is 48.7 Å². The molecule has 4 heteroatoms. The fourth-order valence-electron chi connectivity index (χ4n) is 2.30. The molecule has 0 saturated heterocycles. The maximum Gasteiger partial charge on any atom is 0.168 e. The second kappa shape index (κ2) is 5.25. The van der Waals surface area contributed by atoms with Crippen molar-refractivity contribution in [3.05, 3.63) is 54.2 Å². The molecule has 21 heavy (non-hydrogen) atoms. The number of aldehydes is 1. The first-order valence-electron chi connectivity index (χ1n) is 6.44. The molecule has 1 heterocycles. The molecule has 1 aromatic heterocycles. The summed E-state index contributed by atoms with van der Waals surface area (Å²) >= 11 is 0. The van der Waals surface area contributed by atoms with Crippen molar-refractivity contribution in [3.8, 4) is 22.6 Å². The number of ether oxygens (including phenoxy) is 1. The van der Waals surface area contributed by atoms with Gasteiger partial charge in [-0.1, -0.05) is 12.1 Å². The van der Waals surface area contributed by atoms with Crippen molar-refractivity contribution in [3.63, 3.8) is 0 Å². The fraction of sp³-hybridized carbons (Fsp3) is 0.0588. The van der Waals surface area contributed by atoms with E-state index < -0.39 is 0 Å². The number of rotatable bonds is 3. The lowest BCUT2D eigenvalue weighted by Gasteiger charge is -2.10. The van der Waals surface area contributed by atoms with Crippen LogP contribution < -0.4 is 4.74 Å². The van der Waals surface area contributed by atoms with Crippen LogP contribution >= 0.6 is 0 Å². The number of benzene rings is 2. The molecule has 0 atom stereocenters. The number of phenols is 1. The molecule has 0 saturated carbocycles. The van der Waals surface area contributed by atoms with Crippen molar-refractivity contribution in [2.24, 2.45) is 0 Å². The van der Waals surface area contributed by atoms with Crippen molar-refractivity contribution in [1.29, 1.82) is 0 Å². The van der Waals surface area contributed by atoms with Crippen LogP contribution in [-0.2, 0) is 0 Å². The Morgan fingerprint density at radius 3 is 2.76 bits per heavy atom. The Kier molecular flexibility index (Phi) is 3.28. The topological polar surface area (TPSA) is 59.4 Å². The highest BCUT2D eigenvalue weighted by Gasteiger charge is 2.11. The number of methoxy groups -OCH3 is 1. The maximum absolute atomic E-state index is 11.1. The number of phenolic OH excluding ortho intramolecular Hbond substituents is 1. The first kappa shape index (κ1) is 13.1. The minimum Gasteiger partial charge on any atom is -0.504 e. The van der Waals surface area contributed by atoms with Gasteiger partial charge in [0.05, 0.1) is 18.2 Å². The van der Waals surface area contributed by atoms with E-state index in [0.29, 0.717) is 6.29 Å². The van der Waals surface area contributed by atoms with E-state index in [4.69, 9.17) is 4.74 Å². The first-order valence-corrected chi connectivity index (χ1v) is 6.44. The zero-order chi connectivity index (χ0) is 14.8. The summed E-state index contributed by atoms with van der Waals surface area (Å²) in [6.45, 7) is 0. The van der Waals surface area contributed by atoms with E-state index in [9.17, 15) is 9.90 Å². The summed E-state index contributed by atoms with van der Waals surface area (Å²) in [5, 5.41) is 10.9. The first-order chi connectivity index (χ1) is 10.2. The fourth-order valence-corrected chi connectivity index (χ4v) is 2.30. The number of hydrogen-bond acceptors (Lipinski definition) is 4. The van der Waals surface area contributed by atoms with Crippen LogP contribution in [0, 0.1) is 0 Å². The van der Waals surface area contributed by atoms with Gasteiger partial charge in [0.15, 0.2) is 17.8 Å². The van der Waals surface area contributed by atoms with Gasteiger partial charge in [-0.3, -0.25) is 9.78 Å². The molecule has 0 amide bonds. The third kappa shape index (κ3) is 2.31. The number of aromatic hydroxyl groups is 1. The molecule has 0 aliphatic heterocycles. The molecule has 3 rings (SSSR count). The standard InChI is InChI=1S/C17H13NO3/c1-21-16-9-13(8-14(10-19)17(16)20)11-4-5-15-12(7-11)3-2-6-18-15/h2-10,20H,1H3. The van der Waals surface area contributed by atoms with Crippen LogP contribution in [0.1, 0.15) is 10.4 Å². The van der Waals surface area contributed by atoms with E-state index in [-0.39, 0.29) is 17.1 Å². The minimum absolute atomic E-state index is 0.140. The molecule has 0 bridgehead atoms. The third-order valence-corrected chi connectivity index (χ3v) is 3.39. The van der Waals surface area contributed by atoms with E-state index in [1.807, 2.05) is 30.3 Å². The van der Waals surface area contributed by atoms with Crippen molar-refractivity contribution >= 4 is 17.2 Å². The average molecular weight is 279 g/mol. The quantitative estimate of drug-likeness (QED) is 0.746. The molecule has 2 aromatic carbocycles. The number of carbonyl (C=O) groups is 1. The molecule has 0 radical (unpaired) electrons. The molecule has 0 spiro atoms. The summed E-state index contributed by atoms with van der Waals surface area (Å²) < 4.78 is 5.12. The predicted octanol–water partition coefficient (Wildman–Crippen LogP) is 3.43. The van der Waals surface area contributed by atoms with Gasteiger partial charge in [-0.2, -0.15) is 0 Å². The Hall–Kier alpha value is -2.88. The van der Waals surface area contributed by atoms with Crippen molar-refractivity contribution in [2.45, 2.75) is 0 Å². The van der Waals surface area contributed by atoms with Crippen LogP contribution in [0.5, 0.6) is 11.5 Å². The van der Waals surface area contributed by atoms with Crippen LogP contribution in [0.3, 0.4) is 0 Å². The van der Waals surface area contributed by atoms with Gasteiger partial charge in [0.25, 0.3) is 0 Å². The number of nitrogens with zero attached hydrogens (tertiary/aromatic N) is 1. The number of pyridine rings is 1. The highest BCUT2D eigenvalue weighted by atomic mass is 16.5. The summed E-state index contributed by atoms with van der Waals surface area (Å²) in [6.07, 6.45) is 2.36. The molecule has 4 nitrogen and oxygen atoms in total. The summed E-state index contributed by atoms with van der Waals surface area (Å²) in [7, 11) is 1.46. The number of carbonyl (C=O) groups excluding carboxylic acids is 1. The lowest BCUT2D eigenvalue weighted by molar-refractivity contribution is 0.112. The van der Waals surface area contributed by atoms with Crippen LogP contribution in [-0.4, -0.2) is 23.5 Å². The van der Waals surface area contributed by atoms with Gasteiger partial charge in [0.1, 0.15) is 0 Å². The Labute approximate surface area is 121 Å². The Morgan fingerprint density at radius 2 is 2.00 bits per heavy atom. The van der Waals surface area contributed by atoms with E-state index in [2.05, 4.69) is 4.98 Å². The monoisotopic (exact) mass is 279 g/mol.